The number of aromatic amines is 1. The van der Waals surface area contributed by atoms with E-state index >= 15 is 0 Å². The summed E-state index contributed by atoms with van der Waals surface area (Å²) in [4.78, 5) is 17.5. The van der Waals surface area contributed by atoms with E-state index in [0.29, 0.717) is 5.69 Å². The maximum atomic E-state index is 11.2. The molecule has 0 fully saturated rings. The van der Waals surface area contributed by atoms with Crippen molar-refractivity contribution >= 4 is 5.95 Å². The number of anilines is 1. The van der Waals surface area contributed by atoms with E-state index < -0.39 is 0 Å². The quantitative estimate of drug-likeness (QED) is 0.641. The third-order valence-corrected chi connectivity index (χ3v) is 1.92. The van der Waals surface area contributed by atoms with Gasteiger partial charge in [-0.15, -0.1) is 0 Å². The van der Waals surface area contributed by atoms with Crippen LogP contribution in [0.3, 0.4) is 0 Å². The zero-order valence-corrected chi connectivity index (χ0v) is 7.77. The summed E-state index contributed by atoms with van der Waals surface area (Å²) in [6.45, 7) is 0. The van der Waals surface area contributed by atoms with Gasteiger partial charge in [0, 0.05) is 11.6 Å². The first-order valence-electron chi connectivity index (χ1n) is 4.36. The van der Waals surface area contributed by atoms with E-state index in [0.717, 1.165) is 5.56 Å². The van der Waals surface area contributed by atoms with Gasteiger partial charge >= 0.3 is 0 Å². The Labute approximate surface area is 85.4 Å². The molecule has 0 atom stereocenters. The Hall–Kier alpha value is -2.14. The van der Waals surface area contributed by atoms with E-state index in [2.05, 4.69) is 9.97 Å². The number of nitrogens with one attached hydrogen (secondary N) is 2. The van der Waals surface area contributed by atoms with Crippen molar-refractivity contribution in [2.75, 3.05) is 5.48 Å². The topological polar surface area (TPSA) is 78.0 Å². The van der Waals surface area contributed by atoms with Crippen LogP contribution in [0.1, 0.15) is 0 Å². The van der Waals surface area contributed by atoms with Gasteiger partial charge in [-0.1, -0.05) is 30.3 Å². The Morgan fingerprint density at radius 1 is 1.27 bits per heavy atom. The van der Waals surface area contributed by atoms with Crippen LogP contribution in [0.4, 0.5) is 5.95 Å². The van der Waals surface area contributed by atoms with Crippen LogP contribution in [-0.4, -0.2) is 15.2 Å². The molecule has 2 rings (SSSR count). The molecule has 0 bridgehead atoms. The number of H-pyrrole nitrogens is 1. The minimum Gasteiger partial charge on any atom is -0.291 e. The minimum absolute atomic E-state index is 0.0290. The number of hydrogen-bond acceptors (Lipinski definition) is 4. The van der Waals surface area contributed by atoms with Crippen molar-refractivity contribution in [2.45, 2.75) is 0 Å². The van der Waals surface area contributed by atoms with Crippen molar-refractivity contribution < 1.29 is 5.21 Å². The highest BCUT2D eigenvalue weighted by Gasteiger charge is 2.02. The summed E-state index contributed by atoms with van der Waals surface area (Å²) in [5, 5.41) is 8.65. The summed E-state index contributed by atoms with van der Waals surface area (Å²) in [7, 11) is 0. The van der Waals surface area contributed by atoms with E-state index in [-0.39, 0.29) is 11.5 Å². The molecule has 0 aliphatic rings. The lowest BCUT2D eigenvalue weighted by atomic mass is 10.1. The van der Waals surface area contributed by atoms with Gasteiger partial charge in [0.2, 0.25) is 5.95 Å². The van der Waals surface area contributed by atoms with E-state index in [9.17, 15) is 4.79 Å². The molecular formula is C10H9N3O2. The maximum absolute atomic E-state index is 11.2. The average molecular weight is 203 g/mol. The fourth-order valence-corrected chi connectivity index (χ4v) is 1.27. The number of benzene rings is 1. The van der Waals surface area contributed by atoms with E-state index in [1.54, 1.807) is 0 Å². The third kappa shape index (κ3) is 2.03. The molecule has 0 spiro atoms. The van der Waals surface area contributed by atoms with Crippen LogP contribution in [0.2, 0.25) is 0 Å². The summed E-state index contributed by atoms with van der Waals surface area (Å²) in [5.41, 5.74) is 2.82. The summed E-state index contributed by atoms with van der Waals surface area (Å²) in [6.07, 6.45) is 0. The molecular weight excluding hydrogens is 194 g/mol. The van der Waals surface area contributed by atoms with Crippen molar-refractivity contribution in [3.63, 3.8) is 0 Å². The smallest absolute Gasteiger partial charge is 0.252 e. The molecule has 0 aliphatic carbocycles. The van der Waals surface area contributed by atoms with Crippen molar-refractivity contribution in [1.29, 1.82) is 0 Å². The van der Waals surface area contributed by atoms with Crippen LogP contribution in [0, 0.1) is 0 Å². The van der Waals surface area contributed by atoms with Crippen molar-refractivity contribution in [2.24, 2.45) is 0 Å². The summed E-state index contributed by atoms with van der Waals surface area (Å²) in [5.74, 6) is 0.0290. The Kier molecular flexibility index (Phi) is 2.47. The molecule has 0 saturated carbocycles. The molecule has 0 radical (unpaired) electrons. The van der Waals surface area contributed by atoms with E-state index in [1.807, 2.05) is 35.8 Å². The molecule has 1 heterocycles. The Balaban J connectivity index is 2.54. The first kappa shape index (κ1) is 9.42. The predicted molar refractivity (Wildman–Crippen MR) is 55.7 cm³/mol. The zero-order valence-electron chi connectivity index (χ0n) is 7.77. The summed E-state index contributed by atoms with van der Waals surface area (Å²) in [6, 6.07) is 10.6. The van der Waals surface area contributed by atoms with Gasteiger partial charge in [-0.05, 0) is 0 Å². The Bertz CT molecular complexity index is 508. The molecule has 0 amide bonds. The molecule has 0 unspecified atom stereocenters. The van der Waals surface area contributed by atoms with Crippen molar-refractivity contribution in [1.82, 2.24) is 9.97 Å². The lowest BCUT2D eigenvalue weighted by molar-refractivity contribution is 0.382. The van der Waals surface area contributed by atoms with Gasteiger partial charge in [0.05, 0.1) is 5.69 Å². The lowest BCUT2D eigenvalue weighted by Gasteiger charge is -2.02. The number of nitrogens with zero attached hydrogens (tertiary/aromatic N) is 1. The number of hydrogen-bond donors (Lipinski definition) is 3. The van der Waals surface area contributed by atoms with Crippen LogP contribution >= 0.6 is 0 Å². The molecule has 1 aromatic carbocycles. The van der Waals surface area contributed by atoms with Crippen LogP contribution in [-0.2, 0) is 0 Å². The zero-order chi connectivity index (χ0) is 10.7. The van der Waals surface area contributed by atoms with E-state index in [1.165, 1.54) is 6.07 Å². The number of rotatable bonds is 2. The molecule has 0 aliphatic heterocycles. The van der Waals surface area contributed by atoms with E-state index in [4.69, 9.17) is 5.21 Å². The fraction of sp³-hybridized carbons (Fsp3) is 0. The molecule has 0 saturated heterocycles. The third-order valence-electron chi connectivity index (χ3n) is 1.92. The fourth-order valence-electron chi connectivity index (χ4n) is 1.27. The summed E-state index contributed by atoms with van der Waals surface area (Å²) < 4.78 is 0. The molecule has 3 N–H and O–H groups in total. The first-order valence-corrected chi connectivity index (χ1v) is 4.36. The highest BCUT2D eigenvalue weighted by molar-refractivity contribution is 5.59. The second-order valence-electron chi connectivity index (χ2n) is 2.96. The monoisotopic (exact) mass is 203 g/mol. The highest BCUT2D eigenvalue weighted by atomic mass is 16.5. The van der Waals surface area contributed by atoms with Crippen LogP contribution in [0.5, 0.6) is 0 Å². The first-order chi connectivity index (χ1) is 7.29. The van der Waals surface area contributed by atoms with Crippen LogP contribution < -0.4 is 11.0 Å². The maximum Gasteiger partial charge on any atom is 0.252 e. The van der Waals surface area contributed by atoms with Crippen LogP contribution in [0.15, 0.2) is 41.2 Å². The Morgan fingerprint density at radius 3 is 2.67 bits per heavy atom. The Morgan fingerprint density at radius 2 is 2.00 bits per heavy atom. The standard InChI is InChI=1S/C10H9N3O2/c14-9-6-8(11-10(12-9)13-15)7-4-2-1-3-5-7/h1-6,15H,(H2,11,12,13,14). The van der Waals surface area contributed by atoms with Gasteiger partial charge in [0.25, 0.3) is 5.56 Å². The van der Waals surface area contributed by atoms with Gasteiger partial charge in [-0.2, -0.15) is 0 Å². The molecule has 1 aromatic heterocycles. The lowest BCUT2D eigenvalue weighted by Crippen LogP contribution is -2.10. The highest BCUT2D eigenvalue weighted by Crippen LogP contribution is 2.14. The van der Waals surface area contributed by atoms with Crippen LogP contribution in [0.25, 0.3) is 11.3 Å². The molecule has 5 heteroatoms. The van der Waals surface area contributed by atoms with Gasteiger partial charge in [-0.3, -0.25) is 15.0 Å². The normalized spacial score (nSPS) is 9.93. The molecule has 76 valence electrons. The van der Waals surface area contributed by atoms with Crippen molar-refractivity contribution in [3.8, 4) is 11.3 Å². The van der Waals surface area contributed by atoms with Gasteiger partial charge in [0.1, 0.15) is 0 Å². The number of aromatic nitrogens is 2. The van der Waals surface area contributed by atoms with Gasteiger partial charge < -0.3 is 0 Å². The van der Waals surface area contributed by atoms with Crippen molar-refractivity contribution in [3.05, 3.63) is 46.8 Å². The second-order valence-corrected chi connectivity index (χ2v) is 2.96. The molecule has 5 nitrogen and oxygen atoms in total. The SMILES string of the molecule is O=c1cc(-c2ccccc2)nc(NO)[nH]1. The van der Waals surface area contributed by atoms with Gasteiger partial charge in [0.15, 0.2) is 0 Å². The largest absolute Gasteiger partial charge is 0.291 e. The summed E-state index contributed by atoms with van der Waals surface area (Å²) >= 11 is 0. The second kappa shape index (κ2) is 3.93. The average Bonchev–Trinajstić information content (AvgIpc) is 2.29. The van der Waals surface area contributed by atoms with Gasteiger partial charge in [-0.25, -0.2) is 10.5 Å². The molecule has 2 aromatic rings. The minimum atomic E-state index is -0.319. The predicted octanol–water partition coefficient (Wildman–Crippen LogP) is 1.24. The molecule has 15 heavy (non-hydrogen) atoms.